The topological polar surface area (TPSA) is 185 Å². The molecule has 0 aromatic rings. The largest absolute Gasteiger partial charge is 0.382 e. The predicted molar refractivity (Wildman–Crippen MR) is 187 cm³/mol. The first kappa shape index (κ1) is 47.6. The number of carbonyl (C=O) groups excluding carboxylic acids is 4. The van der Waals surface area contributed by atoms with E-state index in [1.165, 1.54) is 6.92 Å². The van der Waals surface area contributed by atoms with Crippen molar-refractivity contribution in [2.75, 3.05) is 152 Å². The molecular formula is C35H62N2O15. The number of imide groups is 1. The number of nitrogens with zero attached hydrogens (tertiary/aromatic N) is 1. The fourth-order valence-electron chi connectivity index (χ4n) is 4.29. The van der Waals surface area contributed by atoms with Crippen molar-refractivity contribution in [3.05, 3.63) is 12.2 Å². The molecule has 0 aromatic heterocycles. The van der Waals surface area contributed by atoms with Crippen LogP contribution in [0.5, 0.6) is 0 Å². The standard InChI is InChI=1S/C35H62N2O15/c1-31(38)32(37-34(40)6-7-35(37)41)30-36-33(39)8-11-43-9-4-3-5-10-44-14-15-46-18-19-48-22-23-50-26-27-52-29-28-51-25-24-49-21-20-47-17-16-45-13-12-42-2/h6-7,32H,3-5,8-30H2,1-2H3,(H,36,39). The van der Waals surface area contributed by atoms with Crippen LogP contribution in [-0.2, 0) is 71.3 Å². The lowest BCUT2D eigenvalue weighted by atomic mass is 10.1. The van der Waals surface area contributed by atoms with E-state index in [1.807, 2.05) is 0 Å². The van der Waals surface area contributed by atoms with Gasteiger partial charge in [-0.15, -0.1) is 0 Å². The Labute approximate surface area is 308 Å². The molecule has 1 N–H and O–H groups in total. The lowest BCUT2D eigenvalue weighted by Gasteiger charge is -2.24. The zero-order chi connectivity index (χ0) is 37.7. The highest BCUT2D eigenvalue weighted by Crippen LogP contribution is 2.10. The van der Waals surface area contributed by atoms with Crippen LogP contribution in [0.15, 0.2) is 12.2 Å². The molecule has 302 valence electrons. The number of methoxy groups -OCH3 is 1. The van der Waals surface area contributed by atoms with Crippen LogP contribution in [0.1, 0.15) is 32.6 Å². The third kappa shape index (κ3) is 28.1. The van der Waals surface area contributed by atoms with E-state index in [9.17, 15) is 19.2 Å². The van der Waals surface area contributed by atoms with Crippen LogP contribution in [0.4, 0.5) is 0 Å². The summed E-state index contributed by atoms with van der Waals surface area (Å²) in [5, 5.41) is 2.59. The van der Waals surface area contributed by atoms with E-state index < -0.39 is 17.9 Å². The Kier molecular flexibility index (Phi) is 32.6. The lowest BCUT2D eigenvalue weighted by molar-refractivity contribution is -0.144. The normalized spacial score (nSPS) is 13.4. The van der Waals surface area contributed by atoms with Gasteiger partial charge in [0.2, 0.25) is 5.91 Å². The van der Waals surface area contributed by atoms with E-state index >= 15 is 0 Å². The van der Waals surface area contributed by atoms with Gasteiger partial charge in [-0.25, -0.2) is 0 Å². The molecule has 17 heteroatoms. The summed E-state index contributed by atoms with van der Waals surface area (Å²) in [4.78, 5) is 48.4. The monoisotopic (exact) mass is 750 g/mol. The molecule has 0 saturated heterocycles. The number of unbranched alkanes of at least 4 members (excludes halogenated alkanes) is 2. The van der Waals surface area contributed by atoms with Gasteiger partial charge in [-0.1, -0.05) is 0 Å². The second-order valence-corrected chi connectivity index (χ2v) is 11.2. The number of carbonyl (C=O) groups is 4. The summed E-state index contributed by atoms with van der Waals surface area (Å²) in [6.07, 6.45) is 4.99. The van der Waals surface area contributed by atoms with Crippen LogP contribution in [0, 0.1) is 0 Å². The van der Waals surface area contributed by atoms with E-state index in [-0.39, 0.29) is 31.3 Å². The summed E-state index contributed by atoms with van der Waals surface area (Å²) in [7, 11) is 1.64. The zero-order valence-electron chi connectivity index (χ0n) is 31.2. The maximum absolute atomic E-state index is 12.1. The maximum atomic E-state index is 12.1. The maximum Gasteiger partial charge on any atom is 0.254 e. The molecule has 0 bridgehead atoms. The third-order valence-corrected chi connectivity index (χ3v) is 7.08. The van der Waals surface area contributed by atoms with Crippen molar-refractivity contribution in [3.63, 3.8) is 0 Å². The van der Waals surface area contributed by atoms with E-state index in [2.05, 4.69) is 5.32 Å². The highest BCUT2D eigenvalue weighted by atomic mass is 16.6. The first-order valence-corrected chi connectivity index (χ1v) is 18.1. The molecule has 0 radical (unpaired) electrons. The van der Waals surface area contributed by atoms with Gasteiger partial charge in [-0.05, 0) is 26.2 Å². The molecule has 1 heterocycles. The molecule has 0 saturated carbocycles. The van der Waals surface area contributed by atoms with Crippen LogP contribution in [0.25, 0.3) is 0 Å². The first-order chi connectivity index (χ1) is 25.5. The fourth-order valence-corrected chi connectivity index (χ4v) is 4.29. The van der Waals surface area contributed by atoms with Crippen LogP contribution in [-0.4, -0.2) is 187 Å². The van der Waals surface area contributed by atoms with E-state index in [0.29, 0.717) is 132 Å². The molecule has 0 aliphatic carbocycles. The average Bonchev–Trinajstić information content (AvgIpc) is 3.46. The van der Waals surface area contributed by atoms with Crippen molar-refractivity contribution in [1.82, 2.24) is 10.2 Å². The number of hydrogen-bond acceptors (Lipinski definition) is 15. The van der Waals surface area contributed by atoms with Gasteiger partial charge >= 0.3 is 0 Å². The number of Topliss-reactive ketones (excluding diaryl/α,β-unsaturated/α-hetero) is 1. The van der Waals surface area contributed by atoms with Crippen molar-refractivity contribution in [3.8, 4) is 0 Å². The zero-order valence-corrected chi connectivity index (χ0v) is 31.2. The summed E-state index contributed by atoms with van der Waals surface area (Å²) in [5.41, 5.74) is 0. The molecule has 0 aromatic carbocycles. The first-order valence-electron chi connectivity index (χ1n) is 18.1. The average molecular weight is 751 g/mol. The van der Waals surface area contributed by atoms with Gasteiger partial charge in [0.05, 0.1) is 126 Å². The van der Waals surface area contributed by atoms with Crippen molar-refractivity contribution in [1.29, 1.82) is 0 Å². The fraction of sp³-hybridized carbons (Fsp3) is 0.829. The van der Waals surface area contributed by atoms with Gasteiger partial charge in [0.15, 0.2) is 5.78 Å². The smallest absolute Gasteiger partial charge is 0.254 e. The second-order valence-electron chi connectivity index (χ2n) is 11.2. The van der Waals surface area contributed by atoms with Gasteiger partial charge in [-0.3, -0.25) is 24.1 Å². The summed E-state index contributed by atoms with van der Waals surface area (Å²) in [6, 6.07) is -1.02. The van der Waals surface area contributed by atoms with Crippen molar-refractivity contribution in [2.24, 2.45) is 0 Å². The molecule has 52 heavy (non-hydrogen) atoms. The van der Waals surface area contributed by atoms with Crippen LogP contribution in [0.3, 0.4) is 0 Å². The number of rotatable bonds is 40. The highest BCUT2D eigenvalue weighted by molar-refractivity contribution is 6.15. The molecule has 1 aliphatic heterocycles. The molecular weight excluding hydrogens is 688 g/mol. The summed E-state index contributed by atoms with van der Waals surface area (Å²) in [5.74, 6) is -1.83. The van der Waals surface area contributed by atoms with Gasteiger partial charge in [0, 0.05) is 45.4 Å². The van der Waals surface area contributed by atoms with E-state index in [1.54, 1.807) is 7.11 Å². The Hall–Kier alpha value is -2.42. The Morgan fingerprint density at radius 3 is 1.19 bits per heavy atom. The molecule has 17 nitrogen and oxygen atoms in total. The van der Waals surface area contributed by atoms with Crippen molar-refractivity contribution >= 4 is 23.5 Å². The molecule has 0 fully saturated rings. The van der Waals surface area contributed by atoms with E-state index in [4.69, 9.17) is 52.1 Å². The Bertz CT molecular complexity index is 922. The summed E-state index contributed by atoms with van der Waals surface area (Å²) < 4.78 is 59.5. The number of hydrogen-bond donors (Lipinski definition) is 1. The highest BCUT2D eigenvalue weighted by Gasteiger charge is 2.34. The van der Waals surface area contributed by atoms with Crippen molar-refractivity contribution in [2.45, 2.75) is 38.6 Å². The van der Waals surface area contributed by atoms with Crippen LogP contribution < -0.4 is 5.32 Å². The number of ketones is 1. The minimum absolute atomic E-state index is 0.115. The Balaban J connectivity index is 1.71. The predicted octanol–water partition coefficient (Wildman–Crippen LogP) is 0.358. The lowest BCUT2D eigenvalue weighted by Crippen LogP contribution is -2.50. The minimum Gasteiger partial charge on any atom is -0.382 e. The van der Waals surface area contributed by atoms with Gasteiger partial charge in [0.25, 0.3) is 11.8 Å². The third-order valence-electron chi connectivity index (χ3n) is 7.08. The number of ether oxygens (including phenoxy) is 11. The van der Waals surface area contributed by atoms with Crippen LogP contribution in [0.2, 0.25) is 0 Å². The number of nitrogens with one attached hydrogen (secondary N) is 1. The van der Waals surface area contributed by atoms with Crippen molar-refractivity contribution < 1.29 is 71.3 Å². The molecule has 1 unspecified atom stereocenters. The Morgan fingerprint density at radius 2 is 0.846 bits per heavy atom. The molecule has 1 rings (SSSR count). The molecule has 1 atom stereocenters. The molecule has 1 aliphatic rings. The SMILES string of the molecule is COCCOCCOCCOCCOCCOCCOCCOCCOCCOCCCCCOCCC(=O)NCC(C(C)=O)N1C(=O)C=CC1=O. The summed E-state index contributed by atoms with van der Waals surface area (Å²) >= 11 is 0. The molecule has 3 amide bonds. The number of amides is 3. The second kappa shape index (κ2) is 35.6. The van der Waals surface area contributed by atoms with Gasteiger partial charge in [-0.2, -0.15) is 0 Å². The Morgan fingerprint density at radius 1 is 0.519 bits per heavy atom. The van der Waals surface area contributed by atoms with Crippen LogP contribution >= 0.6 is 0 Å². The summed E-state index contributed by atoms with van der Waals surface area (Å²) in [6.45, 7) is 11.7. The van der Waals surface area contributed by atoms with E-state index in [0.717, 1.165) is 36.3 Å². The van der Waals surface area contributed by atoms with Gasteiger partial charge in [0.1, 0.15) is 6.04 Å². The minimum atomic E-state index is -1.02. The quantitative estimate of drug-likeness (QED) is 0.0668. The van der Waals surface area contributed by atoms with Gasteiger partial charge < -0.3 is 57.4 Å². The molecule has 0 spiro atoms.